The number of fused-ring (bicyclic) bond motifs is 1. The van der Waals surface area contributed by atoms with Crippen LogP contribution >= 0.6 is 0 Å². The van der Waals surface area contributed by atoms with Gasteiger partial charge in [0.15, 0.2) is 11.5 Å². The molecule has 1 aromatic carbocycles. The molecule has 0 amide bonds. The highest BCUT2D eigenvalue weighted by Gasteiger charge is 2.67. The van der Waals surface area contributed by atoms with E-state index in [-0.39, 0.29) is 28.9 Å². The Bertz CT molecular complexity index is 1010. The number of nitrogens with zero attached hydrogens (tertiary/aromatic N) is 2. The number of anilines is 1. The molecule has 6 nitrogen and oxygen atoms in total. The molecule has 3 heterocycles. The second-order valence-corrected chi connectivity index (χ2v) is 17.5. The molecule has 1 aromatic rings. The van der Waals surface area contributed by atoms with E-state index in [0.717, 1.165) is 55.6 Å². The number of esters is 1. The summed E-state index contributed by atoms with van der Waals surface area (Å²) in [5.74, 6) is 1.54. The number of rotatable bonds is 7. The van der Waals surface area contributed by atoms with E-state index in [1.54, 1.807) is 14.2 Å². The van der Waals surface area contributed by atoms with Crippen molar-refractivity contribution in [1.82, 2.24) is 4.90 Å². The summed E-state index contributed by atoms with van der Waals surface area (Å²) in [7, 11) is 4.36. The highest BCUT2D eigenvalue weighted by atomic mass is 28.3. The first-order chi connectivity index (χ1) is 16.2. The van der Waals surface area contributed by atoms with Gasteiger partial charge >= 0.3 is 5.97 Å². The smallest absolute Gasteiger partial charge is 0.306 e. The molecule has 4 atom stereocenters. The molecule has 3 aliphatic heterocycles. The van der Waals surface area contributed by atoms with Crippen molar-refractivity contribution in [2.24, 2.45) is 5.41 Å². The van der Waals surface area contributed by atoms with Crippen molar-refractivity contribution in [3.8, 4) is 11.5 Å². The fourth-order valence-corrected chi connectivity index (χ4v) is 8.16. The lowest BCUT2D eigenvalue weighted by Gasteiger charge is -2.55. The molecule has 7 heteroatoms. The Labute approximate surface area is 205 Å². The first-order valence-electron chi connectivity index (χ1n) is 12.7. The first kappa shape index (κ1) is 23.7. The van der Waals surface area contributed by atoms with Crippen LogP contribution in [0, 0.1) is 5.41 Å². The first-order valence-corrected chi connectivity index (χ1v) is 16.4. The average Bonchev–Trinajstić information content (AvgIpc) is 3.30. The quantitative estimate of drug-likeness (QED) is 0.324. The van der Waals surface area contributed by atoms with E-state index in [9.17, 15) is 4.79 Å². The van der Waals surface area contributed by atoms with Gasteiger partial charge in [-0.2, -0.15) is 0 Å². The maximum absolute atomic E-state index is 13.2. The van der Waals surface area contributed by atoms with Crippen LogP contribution in [-0.2, 0) is 14.9 Å². The van der Waals surface area contributed by atoms with Gasteiger partial charge in [-0.3, -0.25) is 9.69 Å². The Balaban J connectivity index is 1.53. The minimum atomic E-state index is -1.23. The molecule has 186 valence electrons. The molecule has 5 rings (SSSR count). The molecule has 1 aliphatic carbocycles. The van der Waals surface area contributed by atoms with Gasteiger partial charge in [-0.1, -0.05) is 37.9 Å². The predicted molar refractivity (Wildman–Crippen MR) is 138 cm³/mol. The standard InChI is InChI=1S/C27H40N2O4Si/c1-28-21-10-12-26(18-22(30)33-16-17-34(4,5)6)11-7-14-29-15-13-27(21,25(26)29)19-8-9-20(31-2)24(32-3)23(19)28/h8-10,12,21,25H,7,11,13-18H2,1-6H3/t21-,25-,26-,27-/m1/s1. The molecule has 0 saturated carbocycles. The van der Waals surface area contributed by atoms with Crippen molar-refractivity contribution in [2.45, 2.75) is 68.9 Å². The lowest BCUT2D eigenvalue weighted by atomic mass is 9.55. The predicted octanol–water partition coefficient (Wildman–Crippen LogP) is 4.46. The topological polar surface area (TPSA) is 51.2 Å². The van der Waals surface area contributed by atoms with Crippen molar-refractivity contribution in [1.29, 1.82) is 0 Å². The summed E-state index contributed by atoms with van der Waals surface area (Å²) in [6, 6.07) is 5.85. The molecule has 0 N–H and O–H groups in total. The van der Waals surface area contributed by atoms with Gasteiger partial charge in [-0.15, -0.1) is 0 Å². The van der Waals surface area contributed by atoms with Gasteiger partial charge in [0, 0.05) is 32.0 Å². The number of carbonyl (C=O) groups is 1. The van der Waals surface area contributed by atoms with E-state index in [4.69, 9.17) is 14.2 Å². The van der Waals surface area contributed by atoms with Crippen LogP contribution in [-0.4, -0.2) is 72.0 Å². The van der Waals surface area contributed by atoms with E-state index in [2.05, 4.69) is 60.8 Å². The fourth-order valence-electron chi connectivity index (χ4n) is 7.45. The monoisotopic (exact) mass is 484 g/mol. The van der Waals surface area contributed by atoms with Gasteiger partial charge in [0.1, 0.15) is 0 Å². The van der Waals surface area contributed by atoms with Crippen LogP contribution in [0.5, 0.6) is 11.5 Å². The van der Waals surface area contributed by atoms with Crippen LogP contribution in [0.3, 0.4) is 0 Å². The molecule has 34 heavy (non-hydrogen) atoms. The number of likely N-dealkylation sites (N-methyl/N-ethyl adjacent to an activating group) is 1. The van der Waals surface area contributed by atoms with Crippen LogP contribution in [0.25, 0.3) is 0 Å². The largest absolute Gasteiger partial charge is 0.493 e. The molecule has 4 aliphatic rings. The van der Waals surface area contributed by atoms with Gasteiger partial charge in [0.25, 0.3) is 0 Å². The van der Waals surface area contributed by atoms with Crippen LogP contribution < -0.4 is 14.4 Å². The second-order valence-electron chi connectivity index (χ2n) is 11.9. The van der Waals surface area contributed by atoms with Gasteiger partial charge in [0.05, 0.1) is 39.0 Å². The Morgan fingerprint density at radius 3 is 2.65 bits per heavy atom. The zero-order chi connectivity index (χ0) is 24.3. The van der Waals surface area contributed by atoms with E-state index in [1.807, 2.05) is 0 Å². The van der Waals surface area contributed by atoms with Crippen molar-refractivity contribution < 1.29 is 19.0 Å². The molecular weight excluding hydrogens is 444 g/mol. The van der Waals surface area contributed by atoms with Crippen molar-refractivity contribution in [3.05, 3.63) is 29.8 Å². The van der Waals surface area contributed by atoms with Crippen LogP contribution in [0.15, 0.2) is 24.3 Å². The lowest BCUT2D eigenvalue weighted by molar-refractivity contribution is -0.147. The third kappa shape index (κ3) is 3.41. The maximum atomic E-state index is 13.2. The zero-order valence-corrected chi connectivity index (χ0v) is 22.6. The summed E-state index contributed by atoms with van der Waals surface area (Å²) in [6.45, 7) is 9.69. The summed E-state index contributed by atoms with van der Waals surface area (Å²) in [5.41, 5.74) is 2.24. The number of ether oxygens (including phenoxy) is 3. The summed E-state index contributed by atoms with van der Waals surface area (Å²) >= 11 is 0. The highest BCUT2D eigenvalue weighted by molar-refractivity contribution is 6.76. The molecule has 0 bridgehead atoms. The normalized spacial score (nSPS) is 31.6. The summed E-state index contributed by atoms with van der Waals surface area (Å²) in [5, 5.41) is 0. The molecule has 2 saturated heterocycles. The van der Waals surface area contributed by atoms with Crippen LogP contribution in [0.2, 0.25) is 25.7 Å². The Morgan fingerprint density at radius 1 is 1.15 bits per heavy atom. The van der Waals surface area contributed by atoms with E-state index in [1.165, 1.54) is 5.56 Å². The molecule has 0 aromatic heterocycles. The number of benzene rings is 1. The maximum Gasteiger partial charge on any atom is 0.306 e. The van der Waals surface area contributed by atoms with Gasteiger partial charge in [-0.05, 0) is 50.0 Å². The third-order valence-corrected chi connectivity index (χ3v) is 10.5. The average molecular weight is 485 g/mol. The number of carbonyl (C=O) groups excluding carboxylic acids is 1. The molecule has 0 radical (unpaired) electrons. The number of methoxy groups -OCH3 is 2. The van der Waals surface area contributed by atoms with E-state index in [0.29, 0.717) is 13.0 Å². The Morgan fingerprint density at radius 2 is 1.94 bits per heavy atom. The van der Waals surface area contributed by atoms with Crippen molar-refractivity contribution >= 4 is 19.7 Å². The number of hydrogen-bond acceptors (Lipinski definition) is 6. The van der Waals surface area contributed by atoms with Crippen LogP contribution in [0.1, 0.15) is 31.2 Å². The van der Waals surface area contributed by atoms with Crippen LogP contribution in [0.4, 0.5) is 5.69 Å². The molecule has 1 spiro atoms. The SMILES string of the molecule is COc1ccc2c(c1OC)N(C)[C@@H]1C=C[C@@]3(CC(=O)OCC[Si](C)(C)C)CCCN4CC[C@@]21[C@H]43. The highest BCUT2D eigenvalue weighted by Crippen LogP contribution is 2.65. The fraction of sp³-hybridized carbons (Fsp3) is 0.667. The summed E-state index contributed by atoms with van der Waals surface area (Å²) in [6.07, 6.45) is 8.48. The van der Waals surface area contributed by atoms with E-state index >= 15 is 0 Å². The minimum Gasteiger partial charge on any atom is -0.493 e. The zero-order valence-electron chi connectivity index (χ0n) is 21.6. The Kier molecular flexibility index (Phi) is 5.79. The summed E-state index contributed by atoms with van der Waals surface area (Å²) < 4.78 is 17.3. The Hall–Kier alpha value is -1.99. The summed E-state index contributed by atoms with van der Waals surface area (Å²) in [4.78, 5) is 18.2. The van der Waals surface area contributed by atoms with Gasteiger partial charge in [0.2, 0.25) is 0 Å². The van der Waals surface area contributed by atoms with Gasteiger partial charge in [-0.25, -0.2) is 0 Å². The lowest BCUT2D eigenvalue weighted by Crippen LogP contribution is -2.62. The molecule has 2 fully saturated rings. The van der Waals surface area contributed by atoms with Crippen molar-refractivity contribution in [3.63, 3.8) is 0 Å². The second kappa shape index (κ2) is 8.30. The van der Waals surface area contributed by atoms with Crippen molar-refractivity contribution in [2.75, 3.05) is 45.9 Å². The molecular formula is C27H40N2O4Si. The minimum absolute atomic E-state index is 0.0378. The number of piperidine rings is 1. The third-order valence-electron chi connectivity index (χ3n) is 8.82. The number of hydrogen-bond donors (Lipinski definition) is 0. The van der Waals surface area contributed by atoms with Gasteiger partial charge < -0.3 is 19.1 Å². The molecule has 0 unspecified atom stereocenters. The van der Waals surface area contributed by atoms with E-state index < -0.39 is 8.07 Å².